The van der Waals surface area contributed by atoms with Gasteiger partial charge in [-0.1, -0.05) is 34.3 Å². The van der Waals surface area contributed by atoms with Crippen molar-refractivity contribution in [3.05, 3.63) is 22.4 Å². The summed E-state index contributed by atoms with van der Waals surface area (Å²) in [5, 5.41) is 1.03. The molecule has 0 unspecified atom stereocenters. The number of hydrogen-bond donors (Lipinski definition) is 1. The summed E-state index contributed by atoms with van der Waals surface area (Å²) in [7, 11) is 0. The van der Waals surface area contributed by atoms with E-state index in [1.165, 1.54) is 17.8 Å². The molecule has 2 nitrogen and oxygen atoms in total. The lowest BCUT2D eigenvalue weighted by Crippen LogP contribution is -1.83. The zero-order valence-electron chi connectivity index (χ0n) is 7.27. The number of nitrogens with one attached hydrogen (secondary N) is 1. The number of aryl methyl sites for hydroxylation is 2. The summed E-state index contributed by atoms with van der Waals surface area (Å²) in [5.74, 6) is 0.881. The lowest BCUT2D eigenvalue weighted by atomic mass is 10.4. The van der Waals surface area contributed by atoms with Crippen LogP contribution in [0.4, 0.5) is 0 Å². The van der Waals surface area contributed by atoms with Crippen LogP contribution in [-0.4, -0.2) is 15.7 Å². The maximum atomic E-state index is 4.51. The predicted octanol–water partition coefficient (Wildman–Crippen LogP) is 2.90. The molecule has 0 radical (unpaired) electrons. The van der Waals surface area contributed by atoms with E-state index in [0.29, 0.717) is 0 Å². The first kappa shape index (κ1) is 9.34. The fourth-order valence-corrected chi connectivity index (χ4v) is 2.49. The van der Waals surface area contributed by atoms with E-state index < -0.39 is 0 Å². The van der Waals surface area contributed by atoms with Crippen LogP contribution in [0.3, 0.4) is 0 Å². The van der Waals surface area contributed by atoms with Gasteiger partial charge in [-0.05, 0) is 23.7 Å². The molecule has 0 amide bonds. The third-order valence-electron chi connectivity index (χ3n) is 2.05. The van der Waals surface area contributed by atoms with Crippen LogP contribution in [0.5, 0.6) is 0 Å². The standard InChI is InChI=1S/C9H11BrN2S/c1-6(10)5-13-9-11-7-3-2-4-8(7)12-9/h1-5H2,(H,11,12). The number of H-pyrrole nitrogens is 1. The fraction of sp³-hybridized carbons (Fsp3) is 0.444. The third-order valence-corrected chi connectivity index (χ3v) is 3.66. The first-order valence-electron chi connectivity index (χ1n) is 4.29. The van der Waals surface area contributed by atoms with E-state index in [-0.39, 0.29) is 0 Å². The molecule has 0 spiro atoms. The van der Waals surface area contributed by atoms with Crippen LogP contribution < -0.4 is 0 Å². The van der Waals surface area contributed by atoms with Crippen LogP contribution in [0, 0.1) is 0 Å². The molecule has 1 N–H and O–H groups in total. The Balaban J connectivity index is 2.02. The van der Waals surface area contributed by atoms with Gasteiger partial charge in [0.1, 0.15) is 0 Å². The quantitative estimate of drug-likeness (QED) is 0.845. The maximum absolute atomic E-state index is 4.51. The number of rotatable bonds is 3. The van der Waals surface area contributed by atoms with Gasteiger partial charge in [-0.3, -0.25) is 0 Å². The molecular weight excluding hydrogens is 248 g/mol. The van der Waals surface area contributed by atoms with E-state index in [4.69, 9.17) is 0 Å². The molecule has 0 saturated carbocycles. The summed E-state index contributed by atoms with van der Waals surface area (Å²) in [6.45, 7) is 3.79. The molecular formula is C9H11BrN2S. The number of aromatic amines is 1. The second kappa shape index (κ2) is 3.88. The number of halogens is 1. The van der Waals surface area contributed by atoms with E-state index in [9.17, 15) is 0 Å². The molecule has 13 heavy (non-hydrogen) atoms. The number of aromatic nitrogens is 2. The second-order valence-corrected chi connectivity index (χ2v) is 5.21. The normalized spacial score (nSPS) is 14.5. The highest BCUT2D eigenvalue weighted by Crippen LogP contribution is 2.25. The first-order valence-corrected chi connectivity index (χ1v) is 6.07. The SMILES string of the molecule is C=C(Br)CSc1nc2c([nH]1)CCC2. The number of nitrogens with zero attached hydrogens (tertiary/aromatic N) is 1. The van der Waals surface area contributed by atoms with Gasteiger partial charge in [0.05, 0.1) is 5.69 Å². The summed E-state index contributed by atoms with van der Waals surface area (Å²) in [6.07, 6.45) is 3.56. The average Bonchev–Trinajstić information content (AvgIpc) is 2.58. The third kappa shape index (κ3) is 2.17. The molecule has 1 heterocycles. The van der Waals surface area contributed by atoms with Gasteiger partial charge in [0.15, 0.2) is 5.16 Å². The van der Waals surface area contributed by atoms with E-state index in [0.717, 1.165) is 28.2 Å². The Morgan fingerprint density at radius 2 is 2.46 bits per heavy atom. The molecule has 0 fully saturated rings. The Bertz CT molecular complexity index is 311. The van der Waals surface area contributed by atoms with E-state index in [1.807, 2.05) is 0 Å². The van der Waals surface area contributed by atoms with Crippen molar-refractivity contribution < 1.29 is 0 Å². The first-order chi connectivity index (χ1) is 6.25. The van der Waals surface area contributed by atoms with Crippen LogP contribution in [-0.2, 0) is 12.8 Å². The molecule has 0 aliphatic heterocycles. The number of fused-ring (bicyclic) bond motifs is 1. The van der Waals surface area contributed by atoms with Crippen molar-refractivity contribution in [2.75, 3.05) is 5.75 Å². The molecule has 1 aromatic heterocycles. The second-order valence-electron chi connectivity index (χ2n) is 3.13. The smallest absolute Gasteiger partial charge is 0.166 e. The molecule has 0 bridgehead atoms. The molecule has 1 aromatic rings. The summed E-state index contributed by atoms with van der Waals surface area (Å²) in [4.78, 5) is 7.85. The van der Waals surface area contributed by atoms with Crippen molar-refractivity contribution in [1.82, 2.24) is 9.97 Å². The fourth-order valence-electron chi connectivity index (χ4n) is 1.48. The van der Waals surface area contributed by atoms with Crippen molar-refractivity contribution in [3.63, 3.8) is 0 Å². The van der Waals surface area contributed by atoms with Crippen molar-refractivity contribution in [2.45, 2.75) is 24.4 Å². The van der Waals surface area contributed by atoms with Crippen LogP contribution in [0.1, 0.15) is 17.8 Å². The molecule has 70 valence electrons. The van der Waals surface area contributed by atoms with Crippen molar-refractivity contribution in [3.8, 4) is 0 Å². The highest BCUT2D eigenvalue weighted by molar-refractivity contribution is 9.11. The largest absolute Gasteiger partial charge is 0.337 e. The van der Waals surface area contributed by atoms with Crippen molar-refractivity contribution in [2.24, 2.45) is 0 Å². The minimum atomic E-state index is 0.881. The Morgan fingerprint density at radius 3 is 3.15 bits per heavy atom. The van der Waals surface area contributed by atoms with E-state index in [2.05, 4.69) is 32.5 Å². The van der Waals surface area contributed by atoms with Crippen LogP contribution >= 0.6 is 27.7 Å². The van der Waals surface area contributed by atoms with Gasteiger partial charge in [0.2, 0.25) is 0 Å². The minimum absolute atomic E-state index is 0.881. The highest BCUT2D eigenvalue weighted by Gasteiger charge is 2.15. The molecule has 1 aliphatic carbocycles. The summed E-state index contributed by atoms with van der Waals surface area (Å²) in [5.41, 5.74) is 2.60. The van der Waals surface area contributed by atoms with Crippen LogP contribution in [0.2, 0.25) is 0 Å². The van der Waals surface area contributed by atoms with Crippen LogP contribution in [0.25, 0.3) is 0 Å². The molecule has 0 saturated heterocycles. The predicted molar refractivity (Wildman–Crippen MR) is 59.4 cm³/mol. The Morgan fingerprint density at radius 1 is 1.62 bits per heavy atom. The van der Waals surface area contributed by atoms with Gasteiger partial charge in [-0.25, -0.2) is 4.98 Å². The highest BCUT2D eigenvalue weighted by atomic mass is 79.9. The summed E-state index contributed by atoms with van der Waals surface area (Å²) in [6, 6.07) is 0. The van der Waals surface area contributed by atoms with Gasteiger partial charge in [-0.2, -0.15) is 0 Å². The zero-order chi connectivity index (χ0) is 9.26. The summed E-state index contributed by atoms with van der Waals surface area (Å²) >= 11 is 5.03. The lowest BCUT2D eigenvalue weighted by Gasteiger charge is -1.94. The summed E-state index contributed by atoms with van der Waals surface area (Å²) < 4.78 is 1.01. The minimum Gasteiger partial charge on any atom is -0.337 e. The molecule has 1 aliphatic rings. The van der Waals surface area contributed by atoms with E-state index >= 15 is 0 Å². The van der Waals surface area contributed by atoms with E-state index in [1.54, 1.807) is 11.8 Å². The van der Waals surface area contributed by atoms with Gasteiger partial charge in [-0.15, -0.1) is 0 Å². The molecule has 4 heteroatoms. The monoisotopic (exact) mass is 258 g/mol. The number of imidazole rings is 1. The van der Waals surface area contributed by atoms with Crippen LogP contribution in [0.15, 0.2) is 16.2 Å². The lowest BCUT2D eigenvalue weighted by molar-refractivity contribution is 0.845. The van der Waals surface area contributed by atoms with Gasteiger partial charge in [0, 0.05) is 11.4 Å². The molecule has 2 rings (SSSR count). The Labute approximate surface area is 90.3 Å². The number of hydrogen-bond acceptors (Lipinski definition) is 2. The average molecular weight is 259 g/mol. The zero-order valence-corrected chi connectivity index (χ0v) is 9.67. The van der Waals surface area contributed by atoms with Crippen molar-refractivity contribution in [1.29, 1.82) is 0 Å². The van der Waals surface area contributed by atoms with Gasteiger partial charge in [0.25, 0.3) is 0 Å². The Hall–Kier alpha value is -0.220. The Kier molecular flexibility index (Phi) is 2.79. The molecule has 0 atom stereocenters. The maximum Gasteiger partial charge on any atom is 0.166 e. The van der Waals surface area contributed by atoms with Gasteiger partial charge >= 0.3 is 0 Å². The molecule has 0 aromatic carbocycles. The topological polar surface area (TPSA) is 28.7 Å². The van der Waals surface area contributed by atoms with Crippen molar-refractivity contribution >= 4 is 27.7 Å². The number of thioether (sulfide) groups is 1. The van der Waals surface area contributed by atoms with Gasteiger partial charge < -0.3 is 4.98 Å².